The van der Waals surface area contributed by atoms with Crippen molar-refractivity contribution in [1.29, 1.82) is 0 Å². The van der Waals surface area contributed by atoms with Crippen LogP contribution < -0.4 is 5.32 Å². The third-order valence-corrected chi connectivity index (χ3v) is 4.93. The Balaban J connectivity index is 1.80. The lowest BCUT2D eigenvalue weighted by Crippen LogP contribution is -2.27. The Bertz CT molecular complexity index is 680. The van der Waals surface area contributed by atoms with E-state index in [1.54, 1.807) is 0 Å². The molecule has 0 spiro atoms. The summed E-state index contributed by atoms with van der Waals surface area (Å²) in [6, 6.07) is 6.63. The molecule has 0 radical (unpaired) electrons. The highest BCUT2D eigenvalue weighted by Crippen LogP contribution is 2.25. The van der Waals surface area contributed by atoms with E-state index in [1.807, 2.05) is 19.2 Å². The smallest absolute Gasteiger partial charge is 0.123 e. The molecule has 6 heteroatoms. The second-order valence-electron chi connectivity index (χ2n) is 7.13. The molecule has 142 valence electrons. The van der Waals surface area contributed by atoms with Gasteiger partial charge >= 0.3 is 0 Å². The maximum absolute atomic E-state index is 13.3. The van der Waals surface area contributed by atoms with E-state index in [1.165, 1.54) is 17.7 Å². The average Bonchev–Trinajstić information content (AvgIpc) is 3.03. The topological polar surface area (TPSA) is 42.3 Å². The number of aromatic nitrogens is 2. The normalized spacial score (nSPS) is 15.7. The van der Waals surface area contributed by atoms with Gasteiger partial charge in [-0.25, -0.2) is 4.39 Å². The Morgan fingerprint density at radius 1 is 1.27 bits per heavy atom. The van der Waals surface area contributed by atoms with Crippen molar-refractivity contribution in [2.75, 3.05) is 40.4 Å². The molecule has 1 aliphatic heterocycles. The number of rotatable bonds is 8. The van der Waals surface area contributed by atoms with Crippen LogP contribution in [-0.4, -0.2) is 55.1 Å². The fourth-order valence-electron chi connectivity index (χ4n) is 3.39. The summed E-state index contributed by atoms with van der Waals surface area (Å²) in [5.74, 6) is 0.391. The van der Waals surface area contributed by atoms with Crippen LogP contribution in [0.1, 0.15) is 18.4 Å². The minimum Gasteiger partial charge on any atom is -0.381 e. The highest BCUT2D eigenvalue weighted by atomic mass is 19.1. The van der Waals surface area contributed by atoms with Crippen molar-refractivity contribution in [3.63, 3.8) is 0 Å². The van der Waals surface area contributed by atoms with Crippen LogP contribution in [-0.2, 0) is 17.8 Å². The van der Waals surface area contributed by atoms with Crippen molar-refractivity contribution in [2.45, 2.75) is 25.9 Å². The van der Waals surface area contributed by atoms with Gasteiger partial charge in [-0.05, 0) is 57.1 Å². The number of hydrogen-bond acceptors (Lipinski definition) is 4. The van der Waals surface area contributed by atoms with Gasteiger partial charge in [0.15, 0.2) is 0 Å². The van der Waals surface area contributed by atoms with Gasteiger partial charge in [0.2, 0.25) is 0 Å². The lowest BCUT2D eigenvalue weighted by molar-refractivity contribution is 0.0601. The lowest BCUT2D eigenvalue weighted by atomic mass is 10.0. The highest BCUT2D eigenvalue weighted by Gasteiger charge is 2.18. The van der Waals surface area contributed by atoms with Gasteiger partial charge in [0.1, 0.15) is 5.82 Å². The van der Waals surface area contributed by atoms with Gasteiger partial charge in [0.05, 0.1) is 5.69 Å². The zero-order chi connectivity index (χ0) is 18.4. The number of nitrogens with one attached hydrogen (secondary N) is 1. The van der Waals surface area contributed by atoms with Gasteiger partial charge < -0.3 is 15.0 Å². The molecule has 1 saturated heterocycles. The Morgan fingerprint density at radius 3 is 2.69 bits per heavy atom. The van der Waals surface area contributed by atoms with Crippen molar-refractivity contribution >= 4 is 0 Å². The first-order valence-electron chi connectivity index (χ1n) is 9.39. The van der Waals surface area contributed by atoms with Gasteiger partial charge in [-0.2, -0.15) is 5.10 Å². The van der Waals surface area contributed by atoms with Gasteiger partial charge in [0.25, 0.3) is 0 Å². The zero-order valence-corrected chi connectivity index (χ0v) is 15.7. The summed E-state index contributed by atoms with van der Waals surface area (Å²) < 4.78 is 20.8. The SMILES string of the molecule is CNCCN(C)Cc1cn(CC2CCOCC2)nc1-c1ccc(F)cc1. The summed E-state index contributed by atoms with van der Waals surface area (Å²) in [5, 5.41) is 8.03. The van der Waals surface area contributed by atoms with Crippen LogP contribution in [0.4, 0.5) is 4.39 Å². The number of likely N-dealkylation sites (N-methyl/N-ethyl adjacent to an activating group) is 2. The van der Waals surface area contributed by atoms with Crippen molar-refractivity contribution in [1.82, 2.24) is 20.0 Å². The average molecular weight is 360 g/mol. The van der Waals surface area contributed by atoms with E-state index in [2.05, 4.69) is 28.1 Å². The van der Waals surface area contributed by atoms with Crippen molar-refractivity contribution in [3.8, 4) is 11.3 Å². The summed E-state index contributed by atoms with van der Waals surface area (Å²) in [5.41, 5.74) is 3.10. The van der Waals surface area contributed by atoms with E-state index < -0.39 is 0 Å². The monoisotopic (exact) mass is 360 g/mol. The molecular formula is C20H29FN4O. The van der Waals surface area contributed by atoms with Crippen LogP contribution in [0.15, 0.2) is 30.5 Å². The molecule has 1 aliphatic rings. The fraction of sp³-hybridized carbons (Fsp3) is 0.550. The molecule has 0 aliphatic carbocycles. The number of ether oxygens (including phenoxy) is 1. The number of benzene rings is 1. The first kappa shape index (κ1) is 19.0. The molecule has 0 saturated carbocycles. The van der Waals surface area contributed by atoms with Crippen molar-refractivity contribution in [2.24, 2.45) is 5.92 Å². The zero-order valence-electron chi connectivity index (χ0n) is 15.7. The number of halogens is 1. The van der Waals surface area contributed by atoms with Crippen LogP contribution in [0.25, 0.3) is 11.3 Å². The fourth-order valence-corrected chi connectivity index (χ4v) is 3.39. The largest absolute Gasteiger partial charge is 0.381 e. The first-order valence-corrected chi connectivity index (χ1v) is 9.39. The molecular weight excluding hydrogens is 331 g/mol. The lowest BCUT2D eigenvalue weighted by Gasteiger charge is -2.21. The minimum absolute atomic E-state index is 0.219. The molecule has 0 bridgehead atoms. The van der Waals surface area contributed by atoms with E-state index in [9.17, 15) is 4.39 Å². The summed E-state index contributed by atoms with van der Waals surface area (Å²) in [6.45, 7) is 5.33. The Labute approximate surface area is 155 Å². The van der Waals surface area contributed by atoms with Crippen LogP contribution in [0.2, 0.25) is 0 Å². The summed E-state index contributed by atoms with van der Waals surface area (Å²) in [6.07, 6.45) is 4.33. The predicted octanol–water partition coefficient (Wildman–Crippen LogP) is 2.77. The molecule has 2 aromatic rings. The maximum Gasteiger partial charge on any atom is 0.123 e. The van der Waals surface area contributed by atoms with Crippen LogP contribution in [0.3, 0.4) is 0 Å². The summed E-state index contributed by atoms with van der Waals surface area (Å²) in [4.78, 5) is 2.28. The molecule has 3 rings (SSSR count). The van der Waals surface area contributed by atoms with E-state index in [-0.39, 0.29) is 5.82 Å². The molecule has 1 aromatic heterocycles. The quantitative estimate of drug-likeness (QED) is 0.786. The standard InChI is InChI=1S/C20H29FN4O/c1-22-9-10-24(2)14-18-15-25(13-16-7-11-26-12-8-16)23-20(18)17-3-5-19(21)6-4-17/h3-6,15-16,22H,7-14H2,1-2H3. The van der Waals surface area contributed by atoms with E-state index >= 15 is 0 Å². The van der Waals surface area contributed by atoms with E-state index in [4.69, 9.17) is 9.84 Å². The van der Waals surface area contributed by atoms with E-state index in [0.29, 0.717) is 5.92 Å². The maximum atomic E-state index is 13.3. The minimum atomic E-state index is -0.219. The summed E-state index contributed by atoms with van der Waals surface area (Å²) >= 11 is 0. The van der Waals surface area contributed by atoms with Gasteiger partial charge in [-0.1, -0.05) is 0 Å². The predicted molar refractivity (Wildman–Crippen MR) is 101 cm³/mol. The molecule has 0 amide bonds. The highest BCUT2D eigenvalue weighted by molar-refractivity contribution is 5.62. The summed E-state index contributed by atoms with van der Waals surface area (Å²) in [7, 11) is 4.07. The van der Waals surface area contributed by atoms with Gasteiger partial charge in [-0.15, -0.1) is 0 Å². The Kier molecular flexibility index (Phi) is 6.77. The van der Waals surface area contributed by atoms with Gasteiger partial charge in [0, 0.05) is 56.7 Å². The Hall–Kier alpha value is -1.76. The third kappa shape index (κ3) is 5.13. The molecule has 26 heavy (non-hydrogen) atoms. The molecule has 0 atom stereocenters. The molecule has 1 N–H and O–H groups in total. The number of nitrogens with zero attached hydrogens (tertiary/aromatic N) is 3. The van der Waals surface area contributed by atoms with Gasteiger partial charge in [-0.3, -0.25) is 4.68 Å². The van der Waals surface area contributed by atoms with Crippen LogP contribution in [0, 0.1) is 11.7 Å². The second kappa shape index (κ2) is 9.26. The molecule has 5 nitrogen and oxygen atoms in total. The van der Waals surface area contributed by atoms with Crippen molar-refractivity contribution < 1.29 is 9.13 Å². The van der Waals surface area contributed by atoms with E-state index in [0.717, 1.165) is 63.5 Å². The van der Waals surface area contributed by atoms with Crippen LogP contribution >= 0.6 is 0 Å². The molecule has 1 fully saturated rings. The first-order chi connectivity index (χ1) is 12.7. The second-order valence-corrected chi connectivity index (χ2v) is 7.13. The Morgan fingerprint density at radius 2 is 2.00 bits per heavy atom. The van der Waals surface area contributed by atoms with Crippen molar-refractivity contribution in [3.05, 3.63) is 41.8 Å². The molecule has 0 unspecified atom stereocenters. The number of hydrogen-bond donors (Lipinski definition) is 1. The third-order valence-electron chi connectivity index (χ3n) is 4.93. The van der Waals surface area contributed by atoms with Crippen LogP contribution in [0.5, 0.6) is 0 Å². The molecule has 2 heterocycles. The molecule has 1 aromatic carbocycles.